The normalized spacial score (nSPS) is 16.5. The standard InChI is InChI=1S/C21H22FN3O2S/c1-13-8-18(24-11-16(4)23-12-24)5-6-20(13)28(26,27)25-10-15(3)19-9-17(22)7-14(2)21(19)25/h5-9,11-12,15H,10H2,1-4H3/t15-/m0/s1. The van der Waals surface area contributed by atoms with Crippen molar-refractivity contribution in [3.8, 4) is 5.69 Å². The van der Waals surface area contributed by atoms with Crippen LogP contribution in [0.4, 0.5) is 10.1 Å². The number of hydrogen-bond acceptors (Lipinski definition) is 3. The van der Waals surface area contributed by atoms with Gasteiger partial charge in [-0.3, -0.25) is 4.31 Å². The molecule has 28 heavy (non-hydrogen) atoms. The average Bonchev–Trinajstić information content (AvgIpc) is 3.19. The molecule has 0 saturated heterocycles. The van der Waals surface area contributed by atoms with Crippen LogP contribution in [0.5, 0.6) is 0 Å². The van der Waals surface area contributed by atoms with Crippen molar-refractivity contribution >= 4 is 15.7 Å². The van der Waals surface area contributed by atoms with Gasteiger partial charge in [-0.15, -0.1) is 0 Å². The Morgan fingerprint density at radius 3 is 2.50 bits per heavy atom. The molecule has 0 N–H and O–H groups in total. The molecular formula is C21H22FN3O2S. The highest BCUT2D eigenvalue weighted by atomic mass is 32.2. The molecule has 3 aromatic rings. The predicted octanol–water partition coefficient (Wildman–Crippen LogP) is 4.25. The number of aromatic nitrogens is 2. The second-order valence-corrected chi connectivity index (χ2v) is 9.30. The number of fused-ring (bicyclic) bond motifs is 1. The van der Waals surface area contributed by atoms with E-state index < -0.39 is 10.0 Å². The summed E-state index contributed by atoms with van der Waals surface area (Å²) in [5.41, 5.74) is 4.37. The molecule has 0 unspecified atom stereocenters. The van der Waals surface area contributed by atoms with Crippen LogP contribution in [-0.2, 0) is 10.0 Å². The molecule has 2 heterocycles. The lowest BCUT2D eigenvalue weighted by molar-refractivity contribution is 0.589. The van der Waals surface area contributed by atoms with Gasteiger partial charge in [0, 0.05) is 24.3 Å². The molecule has 4 rings (SSSR count). The van der Waals surface area contributed by atoms with Gasteiger partial charge in [0.2, 0.25) is 0 Å². The summed E-state index contributed by atoms with van der Waals surface area (Å²) in [6.07, 6.45) is 3.59. The summed E-state index contributed by atoms with van der Waals surface area (Å²) in [5, 5.41) is 0. The Labute approximate surface area is 164 Å². The number of aryl methyl sites for hydroxylation is 3. The summed E-state index contributed by atoms with van der Waals surface area (Å²) in [7, 11) is -3.76. The summed E-state index contributed by atoms with van der Waals surface area (Å²) in [4.78, 5) is 4.47. The molecule has 0 radical (unpaired) electrons. The van der Waals surface area contributed by atoms with Crippen molar-refractivity contribution in [1.82, 2.24) is 9.55 Å². The first kappa shape index (κ1) is 18.7. The van der Waals surface area contributed by atoms with Gasteiger partial charge in [-0.2, -0.15) is 0 Å². The van der Waals surface area contributed by atoms with Crippen LogP contribution in [0, 0.1) is 26.6 Å². The van der Waals surface area contributed by atoms with Crippen molar-refractivity contribution in [2.75, 3.05) is 10.8 Å². The van der Waals surface area contributed by atoms with Crippen molar-refractivity contribution in [1.29, 1.82) is 0 Å². The molecule has 5 nitrogen and oxygen atoms in total. The summed E-state index contributed by atoms with van der Waals surface area (Å²) < 4.78 is 44.1. The van der Waals surface area contributed by atoms with E-state index in [9.17, 15) is 12.8 Å². The minimum Gasteiger partial charge on any atom is -0.306 e. The van der Waals surface area contributed by atoms with Crippen LogP contribution >= 0.6 is 0 Å². The largest absolute Gasteiger partial charge is 0.306 e. The van der Waals surface area contributed by atoms with E-state index in [-0.39, 0.29) is 16.6 Å². The molecule has 2 aromatic carbocycles. The first-order valence-corrected chi connectivity index (χ1v) is 10.6. The Balaban J connectivity index is 1.78. The van der Waals surface area contributed by atoms with Crippen molar-refractivity contribution in [2.45, 2.75) is 38.5 Å². The zero-order valence-electron chi connectivity index (χ0n) is 16.3. The molecule has 0 bridgehead atoms. The van der Waals surface area contributed by atoms with Crippen LogP contribution in [0.15, 0.2) is 47.8 Å². The van der Waals surface area contributed by atoms with E-state index in [1.54, 1.807) is 32.3 Å². The number of anilines is 1. The van der Waals surface area contributed by atoms with Gasteiger partial charge < -0.3 is 4.57 Å². The number of sulfonamides is 1. The topological polar surface area (TPSA) is 55.2 Å². The molecule has 7 heteroatoms. The summed E-state index contributed by atoms with van der Waals surface area (Å²) >= 11 is 0. The van der Waals surface area contributed by atoms with Gasteiger partial charge in [-0.1, -0.05) is 6.92 Å². The van der Waals surface area contributed by atoms with Crippen LogP contribution in [0.1, 0.15) is 35.2 Å². The summed E-state index contributed by atoms with van der Waals surface area (Å²) in [6.45, 7) is 7.67. The van der Waals surface area contributed by atoms with E-state index >= 15 is 0 Å². The van der Waals surface area contributed by atoms with Crippen LogP contribution in [0.25, 0.3) is 5.69 Å². The monoisotopic (exact) mass is 399 g/mol. The summed E-state index contributed by atoms with van der Waals surface area (Å²) in [6, 6.07) is 8.08. The van der Waals surface area contributed by atoms with Crippen molar-refractivity contribution in [2.24, 2.45) is 0 Å². The van der Waals surface area contributed by atoms with E-state index in [1.807, 2.05) is 30.7 Å². The second-order valence-electron chi connectivity index (χ2n) is 7.47. The Kier molecular flexibility index (Phi) is 4.30. The lowest BCUT2D eigenvalue weighted by Gasteiger charge is -2.23. The quantitative estimate of drug-likeness (QED) is 0.662. The number of nitrogens with zero attached hydrogens (tertiary/aromatic N) is 3. The van der Waals surface area contributed by atoms with E-state index in [0.717, 1.165) is 16.9 Å². The minimum atomic E-state index is -3.76. The maximum absolute atomic E-state index is 13.8. The smallest absolute Gasteiger partial charge is 0.264 e. The fraction of sp³-hybridized carbons (Fsp3) is 0.286. The van der Waals surface area contributed by atoms with E-state index in [2.05, 4.69) is 4.98 Å². The van der Waals surface area contributed by atoms with Gasteiger partial charge in [0.25, 0.3) is 10.0 Å². The zero-order chi connectivity index (χ0) is 20.2. The molecule has 1 aliphatic heterocycles. The summed E-state index contributed by atoms with van der Waals surface area (Å²) in [5.74, 6) is -0.397. The molecule has 146 valence electrons. The van der Waals surface area contributed by atoms with E-state index in [4.69, 9.17) is 0 Å². The van der Waals surface area contributed by atoms with Gasteiger partial charge >= 0.3 is 0 Å². The molecule has 0 aliphatic carbocycles. The predicted molar refractivity (Wildman–Crippen MR) is 107 cm³/mol. The minimum absolute atomic E-state index is 0.0623. The zero-order valence-corrected chi connectivity index (χ0v) is 17.1. The molecule has 0 saturated carbocycles. The third kappa shape index (κ3) is 2.90. The maximum atomic E-state index is 13.8. The third-order valence-corrected chi connectivity index (χ3v) is 7.18. The van der Waals surface area contributed by atoms with E-state index in [0.29, 0.717) is 23.4 Å². The van der Waals surface area contributed by atoms with Gasteiger partial charge in [0.05, 0.1) is 22.6 Å². The highest BCUT2D eigenvalue weighted by Crippen LogP contribution is 2.42. The lowest BCUT2D eigenvalue weighted by atomic mass is 10.0. The first-order chi connectivity index (χ1) is 13.2. The first-order valence-electron chi connectivity index (χ1n) is 9.13. The number of imidazole rings is 1. The number of hydrogen-bond donors (Lipinski definition) is 0. The van der Waals surface area contributed by atoms with Crippen LogP contribution in [0.3, 0.4) is 0 Å². The highest BCUT2D eigenvalue weighted by molar-refractivity contribution is 7.93. The fourth-order valence-electron chi connectivity index (χ4n) is 3.90. The van der Waals surface area contributed by atoms with Crippen LogP contribution < -0.4 is 4.31 Å². The molecular weight excluding hydrogens is 377 g/mol. The number of rotatable bonds is 3. The molecule has 1 aromatic heterocycles. The SMILES string of the molecule is Cc1cn(-c2ccc(S(=O)(=O)N3C[C@H](C)c4cc(F)cc(C)c43)c(C)c2)cn1. The second kappa shape index (κ2) is 6.44. The Morgan fingerprint density at radius 2 is 1.86 bits per heavy atom. The Hall–Kier alpha value is -2.67. The lowest BCUT2D eigenvalue weighted by Crippen LogP contribution is -2.30. The van der Waals surface area contributed by atoms with Crippen molar-refractivity contribution in [3.05, 3.63) is 71.1 Å². The fourth-order valence-corrected chi connectivity index (χ4v) is 5.75. The van der Waals surface area contributed by atoms with Gasteiger partial charge in [0.15, 0.2) is 0 Å². The van der Waals surface area contributed by atoms with Crippen molar-refractivity contribution in [3.63, 3.8) is 0 Å². The molecule has 0 spiro atoms. The van der Waals surface area contributed by atoms with Crippen molar-refractivity contribution < 1.29 is 12.8 Å². The molecule has 1 aliphatic rings. The van der Waals surface area contributed by atoms with Gasteiger partial charge in [0.1, 0.15) is 5.82 Å². The molecule has 0 amide bonds. The van der Waals surface area contributed by atoms with Crippen LogP contribution in [-0.4, -0.2) is 24.5 Å². The number of benzene rings is 2. The van der Waals surface area contributed by atoms with Crippen LogP contribution in [0.2, 0.25) is 0 Å². The molecule has 0 fully saturated rings. The number of halogens is 1. The van der Waals surface area contributed by atoms with Gasteiger partial charge in [-0.25, -0.2) is 17.8 Å². The van der Waals surface area contributed by atoms with E-state index in [1.165, 1.54) is 16.4 Å². The Morgan fingerprint density at radius 1 is 1.11 bits per heavy atom. The molecule has 1 atom stereocenters. The maximum Gasteiger partial charge on any atom is 0.264 e. The van der Waals surface area contributed by atoms with Gasteiger partial charge in [-0.05, 0) is 67.8 Å². The third-order valence-electron chi connectivity index (χ3n) is 5.25. The average molecular weight is 399 g/mol. The highest BCUT2D eigenvalue weighted by Gasteiger charge is 2.37. The Bertz CT molecular complexity index is 1180.